The van der Waals surface area contributed by atoms with Crippen LogP contribution in [-0.4, -0.2) is 17.2 Å². The fourth-order valence-corrected chi connectivity index (χ4v) is 6.08. The predicted molar refractivity (Wildman–Crippen MR) is 144 cm³/mol. The molecule has 0 radical (unpaired) electrons. The maximum atomic E-state index is 13.5. The molecule has 0 saturated heterocycles. The Balaban J connectivity index is 2.35. The molecule has 1 aliphatic carbocycles. The Labute approximate surface area is 210 Å². The molecule has 0 amide bonds. The van der Waals surface area contributed by atoms with Crippen LogP contribution in [0.1, 0.15) is 131 Å². The minimum Gasteiger partial charge on any atom is -0.507 e. The summed E-state index contributed by atoms with van der Waals surface area (Å²) in [6.45, 7) is 24.1. The molecule has 0 bridgehead atoms. The lowest BCUT2D eigenvalue weighted by molar-refractivity contribution is -0.160. The van der Waals surface area contributed by atoms with Crippen LogP contribution in [0.2, 0.25) is 0 Å². The van der Waals surface area contributed by atoms with Gasteiger partial charge in [0.2, 0.25) is 0 Å². The topological polar surface area (TPSA) is 46.5 Å². The van der Waals surface area contributed by atoms with Crippen molar-refractivity contribution in [2.24, 2.45) is 16.7 Å². The fraction of sp³-hybridized carbons (Fsp3) is 0.774. The van der Waals surface area contributed by atoms with E-state index >= 15 is 0 Å². The smallest absolute Gasteiger partial charge is 0.309 e. The first-order valence-electron chi connectivity index (χ1n) is 13.4. The normalized spacial score (nSPS) is 19.6. The van der Waals surface area contributed by atoms with Crippen LogP contribution >= 0.6 is 0 Å². The zero-order chi connectivity index (χ0) is 26.1. The molecular formula is C31H52O3. The van der Waals surface area contributed by atoms with Crippen LogP contribution in [0.3, 0.4) is 0 Å². The first-order valence-corrected chi connectivity index (χ1v) is 13.4. The number of unbranched alkanes of at least 4 members (excludes halogenated alkanes) is 1. The molecule has 0 spiro atoms. The van der Waals surface area contributed by atoms with Crippen LogP contribution in [0.5, 0.6) is 5.75 Å². The van der Waals surface area contributed by atoms with Gasteiger partial charge in [0, 0.05) is 0 Å². The lowest BCUT2D eigenvalue weighted by Gasteiger charge is -2.44. The van der Waals surface area contributed by atoms with Crippen molar-refractivity contribution in [3.8, 4) is 5.75 Å². The van der Waals surface area contributed by atoms with Crippen molar-refractivity contribution in [3.63, 3.8) is 0 Å². The first-order chi connectivity index (χ1) is 15.3. The van der Waals surface area contributed by atoms with Crippen LogP contribution in [0, 0.1) is 16.7 Å². The van der Waals surface area contributed by atoms with Gasteiger partial charge in [0.05, 0.1) is 5.92 Å². The van der Waals surface area contributed by atoms with Gasteiger partial charge in [-0.15, -0.1) is 0 Å². The Hall–Kier alpha value is -1.51. The van der Waals surface area contributed by atoms with Crippen LogP contribution in [0.4, 0.5) is 0 Å². The van der Waals surface area contributed by atoms with E-state index in [9.17, 15) is 9.90 Å². The Morgan fingerprint density at radius 3 is 1.88 bits per heavy atom. The average molecular weight is 473 g/mol. The fourth-order valence-electron chi connectivity index (χ4n) is 6.08. The predicted octanol–water partition coefficient (Wildman–Crippen LogP) is 8.48. The number of hydrogen-bond acceptors (Lipinski definition) is 3. The highest BCUT2D eigenvalue weighted by Gasteiger charge is 2.40. The Bertz CT molecular complexity index is 797. The Morgan fingerprint density at radius 1 is 1.00 bits per heavy atom. The number of esters is 1. The Kier molecular flexibility index (Phi) is 8.64. The van der Waals surface area contributed by atoms with E-state index in [-0.39, 0.29) is 39.7 Å². The summed E-state index contributed by atoms with van der Waals surface area (Å²) in [6, 6.07) is 4.23. The summed E-state index contributed by atoms with van der Waals surface area (Å²) in [4.78, 5) is 13.5. The van der Waals surface area contributed by atoms with Crippen LogP contribution in [0.15, 0.2) is 12.1 Å². The van der Waals surface area contributed by atoms with E-state index in [1.807, 2.05) is 0 Å². The van der Waals surface area contributed by atoms with Crippen molar-refractivity contribution >= 4 is 5.97 Å². The van der Waals surface area contributed by atoms with Crippen molar-refractivity contribution in [2.75, 3.05) is 0 Å². The minimum absolute atomic E-state index is 0.00883. The SMILES string of the molecule is CCCCC(Cc1cc(C(C)(C)C)c(O)c(C(C)(C)C)c1)C(=O)OC1CC(C)(C)CC(C)(C)C1. The molecule has 1 atom stereocenters. The summed E-state index contributed by atoms with van der Waals surface area (Å²) in [7, 11) is 0. The van der Waals surface area contributed by atoms with Gasteiger partial charge in [0.1, 0.15) is 11.9 Å². The second kappa shape index (κ2) is 10.2. The molecule has 1 aromatic carbocycles. The number of carbonyl (C=O) groups is 1. The quantitative estimate of drug-likeness (QED) is 0.405. The number of ether oxygens (including phenoxy) is 1. The molecule has 1 fully saturated rings. The third-order valence-corrected chi connectivity index (χ3v) is 7.31. The van der Waals surface area contributed by atoms with E-state index in [1.165, 1.54) is 0 Å². The van der Waals surface area contributed by atoms with E-state index in [2.05, 4.69) is 88.3 Å². The monoisotopic (exact) mass is 472 g/mol. The number of benzene rings is 1. The molecule has 0 heterocycles. The minimum atomic E-state index is -0.182. The van der Waals surface area contributed by atoms with Gasteiger partial charge in [-0.3, -0.25) is 4.79 Å². The van der Waals surface area contributed by atoms with Gasteiger partial charge in [-0.05, 0) is 70.5 Å². The molecular weight excluding hydrogens is 420 g/mol. The number of rotatable bonds is 7. The van der Waals surface area contributed by atoms with Crippen LogP contribution in [-0.2, 0) is 26.8 Å². The van der Waals surface area contributed by atoms with Gasteiger partial charge < -0.3 is 9.84 Å². The molecule has 34 heavy (non-hydrogen) atoms. The molecule has 1 aliphatic rings. The lowest BCUT2D eigenvalue weighted by atomic mass is 9.64. The lowest BCUT2D eigenvalue weighted by Crippen LogP contribution is -2.40. The van der Waals surface area contributed by atoms with Crippen molar-refractivity contribution in [1.29, 1.82) is 0 Å². The zero-order valence-corrected chi connectivity index (χ0v) is 24.0. The number of phenolic OH excluding ortho intramolecular Hbond substituents is 1. The second-order valence-corrected chi connectivity index (χ2v) is 14.6. The summed E-state index contributed by atoms with van der Waals surface area (Å²) >= 11 is 0. The molecule has 3 heteroatoms. The Morgan fingerprint density at radius 2 is 1.47 bits per heavy atom. The molecule has 2 rings (SSSR count). The maximum Gasteiger partial charge on any atom is 0.309 e. The third-order valence-electron chi connectivity index (χ3n) is 7.31. The van der Waals surface area contributed by atoms with Crippen molar-refractivity contribution in [3.05, 3.63) is 28.8 Å². The number of carbonyl (C=O) groups excluding carboxylic acids is 1. The van der Waals surface area contributed by atoms with E-state index < -0.39 is 0 Å². The summed E-state index contributed by atoms with van der Waals surface area (Å²) in [6.07, 6.45) is 6.59. The summed E-state index contributed by atoms with van der Waals surface area (Å²) in [5.74, 6) is 0.191. The van der Waals surface area contributed by atoms with Gasteiger partial charge in [0.15, 0.2) is 0 Å². The second-order valence-electron chi connectivity index (χ2n) is 14.6. The molecule has 1 N–H and O–H groups in total. The van der Waals surface area contributed by atoms with Crippen molar-refractivity contribution < 1.29 is 14.6 Å². The summed E-state index contributed by atoms with van der Waals surface area (Å²) in [5.41, 5.74) is 3.03. The third kappa shape index (κ3) is 7.75. The highest BCUT2D eigenvalue weighted by molar-refractivity contribution is 5.73. The molecule has 194 valence electrons. The maximum absolute atomic E-state index is 13.5. The van der Waals surface area contributed by atoms with Gasteiger partial charge in [-0.25, -0.2) is 0 Å². The number of phenols is 1. The standard InChI is InChI=1S/C31H52O3/c1-12-13-14-22(27(33)34-23-18-30(8,9)20-31(10,11)19-23)15-21-16-24(28(2,3)4)26(32)25(17-21)29(5,6)7/h16-17,22-23,32H,12-15,18-20H2,1-11H3. The highest BCUT2D eigenvalue weighted by Crippen LogP contribution is 2.47. The van der Waals surface area contributed by atoms with E-state index in [0.717, 1.165) is 55.2 Å². The highest BCUT2D eigenvalue weighted by atomic mass is 16.5. The largest absolute Gasteiger partial charge is 0.507 e. The van der Waals surface area contributed by atoms with Gasteiger partial charge in [-0.1, -0.05) is 101 Å². The van der Waals surface area contributed by atoms with Gasteiger partial charge in [0.25, 0.3) is 0 Å². The summed E-state index contributed by atoms with van der Waals surface area (Å²) < 4.78 is 6.22. The molecule has 0 aliphatic heterocycles. The van der Waals surface area contributed by atoms with Gasteiger partial charge in [-0.2, -0.15) is 0 Å². The molecule has 3 nitrogen and oxygen atoms in total. The number of hydrogen-bond donors (Lipinski definition) is 1. The molecule has 1 unspecified atom stereocenters. The molecule has 1 saturated carbocycles. The van der Waals surface area contributed by atoms with Crippen LogP contribution < -0.4 is 0 Å². The van der Waals surface area contributed by atoms with E-state index in [1.54, 1.807) is 0 Å². The van der Waals surface area contributed by atoms with Gasteiger partial charge >= 0.3 is 5.97 Å². The zero-order valence-electron chi connectivity index (χ0n) is 24.0. The van der Waals surface area contributed by atoms with Crippen molar-refractivity contribution in [2.45, 2.75) is 138 Å². The average Bonchev–Trinajstić information content (AvgIpc) is 2.61. The van der Waals surface area contributed by atoms with E-state index in [4.69, 9.17) is 4.74 Å². The summed E-state index contributed by atoms with van der Waals surface area (Å²) in [5, 5.41) is 11.1. The van der Waals surface area contributed by atoms with Crippen LogP contribution in [0.25, 0.3) is 0 Å². The molecule has 1 aromatic rings. The van der Waals surface area contributed by atoms with E-state index in [0.29, 0.717) is 12.2 Å². The molecule has 0 aromatic heterocycles. The van der Waals surface area contributed by atoms with Crippen molar-refractivity contribution in [1.82, 2.24) is 0 Å². The number of aromatic hydroxyl groups is 1. The first kappa shape index (κ1) is 28.7.